The number of methoxy groups -OCH3 is 1. The number of benzene rings is 1. The van der Waals surface area contributed by atoms with Gasteiger partial charge in [-0.25, -0.2) is 0 Å². The summed E-state index contributed by atoms with van der Waals surface area (Å²) in [6, 6.07) is 0. The van der Waals surface area contributed by atoms with Crippen molar-refractivity contribution in [2.24, 2.45) is 0 Å². The predicted molar refractivity (Wildman–Crippen MR) is 85.8 cm³/mol. The van der Waals surface area contributed by atoms with E-state index in [0.29, 0.717) is 0 Å². The third-order valence-corrected chi connectivity index (χ3v) is 4.57. The molecule has 3 nitrogen and oxygen atoms in total. The molecule has 0 atom stereocenters. The van der Waals surface area contributed by atoms with Gasteiger partial charge in [-0.15, -0.1) is 0 Å². The molecule has 0 saturated carbocycles. The van der Waals surface area contributed by atoms with Crippen molar-refractivity contribution in [2.45, 2.75) is 47.5 Å². The summed E-state index contributed by atoms with van der Waals surface area (Å²) in [5, 5.41) is 2.38. The summed E-state index contributed by atoms with van der Waals surface area (Å²) < 4.78 is 4.82. The number of carbonyl (C=O) groups excluding carboxylic acids is 1. The van der Waals surface area contributed by atoms with Crippen molar-refractivity contribution < 1.29 is 9.53 Å². The third-order valence-electron chi connectivity index (χ3n) is 4.57. The van der Waals surface area contributed by atoms with E-state index in [1.165, 1.54) is 40.1 Å². The van der Waals surface area contributed by atoms with Crippen molar-refractivity contribution in [3.8, 4) is 0 Å². The van der Waals surface area contributed by atoms with Gasteiger partial charge in [0, 0.05) is 17.3 Å². The van der Waals surface area contributed by atoms with Crippen LogP contribution in [0.4, 0.5) is 0 Å². The molecule has 0 bridgehead atoms. The summed E-state index contributed by atoms with van der Waals surface area (Å²) in [6.45, 7) is 10.7. The highest BCUT2D eigenvalue weighted by atomic mass is 16.5. The molecule has 3 heteroatoms. The molecule has 0 N–H and O–H groups in total. The smallest absolute Gasteiger partial charge is 0.310 e. The van der Waals surface area contributed by atoms with Crippen molar-refractivity contribution in [3.05, 3.63) is 39.7 Å². The lowest BCUT2D eigenvalue weighted by Gasteiger charge is -2.18. The molecule has 112 valence electrons. The van der Waals surface area contributed by atoms with E-state index in [9.17, 15) is 4.79 Å². The fourth-order valence-electron chi connectivity index (χ4n) is 2.99. The molecule has 0 fully saturated rings. The molecule has 1 aromatic carbocycles. The van der Waals surface area contributed by atoms with E-state index in [4.69, 9.17) is 4.74 Å². The molecule has 0 saturated heterocycles. The molecule has 0 unspecified atom stereocenters. The van der Waals surface area contributed by atoms with Crippen LogP contribution in [0.5, 0.6) is 0 Å². The van der Waals surface area contributed by atoms with Gasteiger partial charge in [0.25, 0.3) is 0 Å². The van der Waals surface area contributed by atoms with Crippen molar-refractivity contribution in [2.75, 3.05) is 7.11 Å². The number of esters is 1. The Hall–Kier alpha value is -1.90. The Balaban J connectivity index is 2.88. The molecule has 21 heavy (non-hydrogen) atoms. The van der Waals surface area contributed by atoms with Crippen molar-refractivity contribution >= 4 is 16.7 Å². The first kappa shape index (κ1) is 15.5. The van der Waals surface area contributed by atoms with Crippen LogP contribution >= 0.6 is 0 Å². The van der Waals surface area contributed by atoms with Gasteiger partial charge in [-0.3, -0.25) is 9.78 Å². The maximum Gasteiger partial charge on any atom is 0.310 e. The molecule has 0 amide bonds. The molecule has 0 aliphatic carbocycles. The first-order valence-corrected chi connectivity index (χ1v) is 7.35. The second-order valence-corrected chi connectivity index (χ2v) is 5.59. The van der Waals surface area contributed by atoms with E-state index < -0.39 is 0 Å². The molecular weight excluding hydrogens is 262 g/mol. The van der Waals surface area contributed by atoms with Crippen LogP contribution in [0, 0.1) is 27.7 Å². The summed E-state index contributed by atoms with van der Waals surface area (Å²) in [6.07, 6.45) is 2.99. The third kappa shape index (κ3) is 2.53. The van der Waals surface area contributed by atoms with Crippen LogP contribution in [0.15, 0.2) is 6.20 Å². The molecule has 0 radical (unpaired) electrons. The van der Waals surface area contributed by atoms with Gasteiger partial charge < -0.3 is 4.74 Å². The van der Waals surface area contributed by atoms with Gasteiger partial charge in [-0.1, -0.05) is 6.92 Å². The highest BCUT2D eigenvalue weighted by Crippen LogP contribution is 2.33. The average Bonchev–Trinajstić information content (AvgIpc) is 2.50. The SMILES string of the molecule is CCc1ncc(CC(=O)OC)c2c(C)c(C)c(C)c(C)c12. The number of aryl methyl sites for hydroxylation is 3. The van der Waals surface area contributed by atoms with E-state index in [2.05, 4.69) is 39.6 Å². The topological polar surface area (TPSA) is 39.2 Å². The van der Waals surface area contributed by atoms with Crippen LogP contribution in [-0.2, 0) is 22.4 Å². The summed E-state index contributed by atoms with van der Waals surface area (Å²) >= 11 is 0. The zero-order chi connectivity index (χ0) is 15.7. The standard InChI is InChI=1S/C18H23NO2/c1-7-15-18-13(5)11(3)10(2)12(4)17(18)14(9-19-15)8-16(20)21-6/h9H,7-8H2,1-6H3. The highest BCUT2D eigenvalue weighted by molar-refractivity contribution is 5.96. The van der Waals surface area contributed by atoms with E-state index >= 15 is 0 Å². The number of rotatable bonds is 3. The van der Waals surface area contributed by atoms with Crippen LogP contribution in [-0.4, -0.2) is 18.1 Å². The zero-order valence-corrected chi connectivity index (χ0v) is 13.8. The molecular formula is C18H23NO2. The molecule has 1 heterocycles. The Bertz CT molecular complexity index is 717. The number of aromatic nitrogens is 1. The molecule has 2 rings (SSSR count). The highest BCUT2D eigenvalue weighted by Gasteiger charge is 2.17. The van der Waals surface area contributed by atoms with Crippen LogP contribution < -0.4 is 0 Å². The normalized spacial score (nSPS) is 11.0. The Morgan fingerprint density at radius 3 is 2.14 bits per heavy atom. The molecule has 0 spiro atoms. The van der Waals surface area contributed by atoms with E-state index in [-0.39, 0.29) is 12.4 Å². The summed E-state index contributed by atoms with van der Waals surface area (Å²) in [5.41, 5.74) is 7.17. The van der Waals surface area contributed by atoms with Gasteiger partial charge in [0.15, 0.2) is 0 Å². The van der Waals surface area contributed by atoms with Crippen molar-refractivity contribution in [1.29, 1.82) is 0 Å². The number of hydrogen-bond acceptors (Lipinski definition) is 3. The minimum Gasteiger partial charge on any atom is -0.469 e. The van der Waals surface area contributed by atoms with Crippen molar-refractivity contribution in [3.63, 3.8) is 0 Å². The maximum atomic E-state index is 11.7. The number of carbonyl (C=O) groups is 1. The van der Waals surface area contributed by atoms with E-state index in [1.807, 2.05) is 6.20 Å². The largest absolute Gasteiger partial charge is 0.469 e. The summed E-state index contributed by atoms with van der Waals surface area (Å²) in [4.78, 5) is 16.3. The Morgan fingerprint density at radius 2 is 1.62 bits per heavy atom. The second-order valence-electron chi connectivity index (χ2n) is 5.59. The van der Waals surface area contributed by atoms with Gasteiger partial charge >= 0.3 is 5.97 Å². The Morgan fingerprint density at radius 1 is 1.05 bits per heavy atom. The summed E-state index contributed by atoms with van der Waals surface area (Å²) in [5.74, 6) is -0.224. The fraction of sp³-hybridized carbons (Fsp3) is 0.444. The Kier molecular flexibility index (Phi) is 4.31. The Labute approximate surface area is 126 Å². The minimum absolute atomic E-state index is 0.224. The van der Waals surface area contributed by atoms with Gasteiger partial charge in [-0.2, -0.15) is 0 Å². The molecule has 1 aromatic heterocycles. The van der Waals surface area contributed by atoms with Crippen LogP contribution in [0.1, 0.15) is 40.4 Å². The number of pyridine rings is 1. The monoisotopic (exact) mass is 285 g/mol. The van der Waals surface area contributed by atoms with Gasteiger partial charge in [0.1, 0.15) is 0 Å². The lowest BCUT2D eigenvalue weighted by molar-refractivity contribution is -0.139. The maximum absolute atomic E-state index is 11.7. The van der Waals surface area contributed by atoms with Crippen molar-refractivity contribution in [1.82, 2.24) is 4.98 Å². The molecule has 2 aromatic rings. The second kappa shape index (κ2) is 5.84. The van der Waals surface area contributed by atoms with E-state index in [1.54, 1.807) is 0 Å². The van der Waals surface area contributed by atoms with E-state index in [0.717, 1.165) is 17.7 Å². The number of fused-ring (bicyclic) bond motifs is 1. The number of nitrogens with zero attached hydrogens (tertiary/aromatic N) is 1. The predicted octanol–water partition coefficient (Wildman–Crippen LogP) is 3.75. The average molecular weight is 285 g/mol. The lowest BCUT2D eigenvalue weighted by atomic mass is 9.88. The number of ether oxygens (including phenoxy) is 1. The minimum atomic E-state index is -0.224. The van der Waals surface area contributed by atoms with Gasteiger partial charge in [0.05, 0.1) is 13.5 Å². The fourth-order valence-corrected chi connectivity index (χ4v) is 2.99. The first-order chi connectivity index (χ1) is 9.92. The van der Waals surface area contributed by atoms with Crippen LogP contribution in [0.25, 0.3) is 10.8 Å². The van der Waals surface area contributed by atoms with Gasteiger partial charge in [0.2, 0.25) is 0 Å². The van der Waals surface area contributed by atoms with Crippen LogP contribution in [0.3, 0.4) is 0 Å². The number of hydrogen-bond donors (Lipinski definition) is 0. The van der Waals surface area contributed by atoms with Crippen LogP contribution in [0.2, 0.25) is 0 Å². The summed E-state index contributed by atoms with van der Waals surface area (Å²) in [7, 11) is 1.42. The first-order valence-electron chi connectivity index (χ1n) is 7.35. The lowest BCUT2D eigenvalue weighted by Crippen LogP contribution is -2.08. The van der Waals surface area contributed by atoms with Gasteiger partial charge in [-0.05, 0) is 67.3 Å². The quantitative estimate of drug-likeness (QED) is 0.806. The molecule has 0 aliphatic heterocycles. The molecule has 0 aliphatic rings. The zero-order valence-electron chi connectivity index (χ0n) is 13.8.